The van der Waals surface area contributed by atoms with E-state index in [0.29, 0.717) is 43.5 Å². The molecule has 2 aliphatic rings. The van der Waals surface area contributed by atoms with Gasteiger partial charge in [-0.2, -0.15) is 0 Å². The number of carbonyl (C=O) groups excluding carboxylic acids is 4. The molecule has 1 aromatic rings. The lowest BCUT2D eigenvalue weighted by Gasteiger charge is -2.34. The van der Waals surface area contributed by atoms with Gasteiger partial charge in [0, 0.05) is 37.3 Å². The van der Waals surface area contributed by atoms with Crippen LogP contribution in [0.3, 0.4) is 0 Å². The molecule has 2 heterocycles. The fraction of sp³-hybridized carbons (Fsp3) is 0.545. The van der Waals surface area contributed by atoms with Gasteiger partial charge in [-0.3, -0.25) is 19.2 Å². The van der Waals surface area contributed by atoms with E-state index < -0.39 is 11.9 Å². The maximum atomic E-state index is 12.3. The van der Waals surface area contributed by atoms with Crippen molar-refractivity contribution in [1.82, 2.24) is 10.2 Å². The minimum atomic E-state index is -0.658. The molecule has 3 amide bonds. The van der Waals surface area contributed by atoms with Crippen LogP contribution in [0, 0.1) is 11.8 Å². The highest BCUT2D eigenvalue weighted by molar-refractivity contribution is 5.98. The summed E-state index contributed by atoms with van der Waals surface area (Å²) in [5.41, 5.74) is 1.14. The van der Waals surface area contributed by atoms with Crippen LogP contribution < -0.4 is 10.2 Å². The van der Waals surface area contributed by atoms with Crippen molar-refractivity contribution >= 4 is 29.4 Å². The minimum absolute atomic E-state index is 0.0814. The first-order chi connectivity index (χ1) is 14.3. The van der Waals surface area contributed by atoms with Crippen molar-refractivity contribution in [1.29, 1.82) is 0 Å². The molecule has 0 aromatic heterocycles. The van der Waals surface area contributed by atoms with Gasteiger partial charge in [-0.1, -0.05) is 13.8 Å². The van der Waals surface area contributed by atoms with Gasteiger partial charge in [0.1, 0.15) is 6.54 Å². The van der Waals surface area contributed by atoms with Crippen LogP contribution in [0.1, 0.15) is 43.5 Å². The van der Waals surface area contributed by atoms with Crippen LogP contribution in [0.15, 0.2) is 24.3 Å². The quantitative estimate of drug-likeness (QED) is 0.712. The molecule has 30 heavy (non-hydrogen) atoms. The molecule has 3 rings (SSSR count). The first-order valence-electron chi connectivity index (χ1n) is 10.5. The van der Waals surface area contributed by atoms with Crippen molar-refractivity contribution in [2.24, 2.45) is 11.8 Å². The minimum Gasteiger partial charge on any atom is -0.454 e. The third kappa shape index (κ3) is 5.58. The number of anilines is 1. The van der Waals surface area contributed by atoms with E-state index in [-0.39, 0.29) is 25.0 Å². The number of carbonyl (C=O) groups is 4. The van der Waals surface area contributed by atoms with E-state index in [0.717, 1.165) is 18.5 Å². The summed E-state index contributed by atoms with van der Waals surface area (Å²) in [6.45, 7) is 5.62. The number of ether oxygens (including phenoxy) is 1. The molecule has 1 aromatic carbocycles. The topological polar surface area (TPSA) is 96.0 Å². The number of benzene rings is 1. The highest BCUT2D eigenvalue weighted by Crippen LogP contribution is 2.22. The van der Waals surface area contributed by atoms with Gasteiger partial charge in [0.05, 0.1) is 0 Å². The summed E-state index contributed by atoms with van der Waals surface area (Å²) in [4.78, 5) is 51.6. The van der Waals surface area contributed by atoms with Crippen LogP contribution >= 0.6 is 0 Å². The van der Waals surface area contributed by atoms with Gasteiger partial charge in [-0.05, 0) is 48.9 Å². The number of amides is 3. The second-order valence-corrected chi connectivity index (χ2v) is 8.28. The number of piperidine rings is 1. The largest absolute Gasteiger partial charge is 0.454 e. The van der Waals surface area contributed by atoms with E-state index in [4.69, 9.17) is 4.74 Å². The third-order valence-corrected chi connectivity index (χ3v) is 5.49. The molecule has 8 heteroatoms. The molecule has 2 saturated heterocycles. The highest BCUT2D eigenvalue weighted by atomic mass is 16.5. The van der Waals surface area contributed by atoms with E-state index in [1.165, 1.54) is 0 Å². The standard InChI is InChI=1S/C22H29N3O5/c1-15-10-16(2)13-24(12-15)20(27)14-30-21(28)11-23-22(29)17-5-7-18(8-6-17)25-9-3-4-19(25)26/h5-8,15-16H,3-4,9-14H2,1-2H3,(H,23,29)/t15-,16-/m1/s1. The summed E-state index contributed by atoms with van der Waals surface area (Å²) in [5, 5.41) is 2.49. The van der Waals surface area contributed by atoms with Crippen LogP contribution in [0.2, 0.25) is 0 Å². The molecule has 0 saturated carbocycles. The van der Waals surface area contributed by atoms with Crippen molar-refractivity contribution in [3.8, 4) is 0 Å². The summed E-state index contributed by atoms with van der Waals surface area (Å²) in [7, 11) is 0. The predicted octanol–water partition coefficient (Wildman–Crippen LogP) is 1.59. The Morgan fingerprint density at radius 1 is 1.10 bits per heavy atom. The zero-order valence-electron chi connectivity index (χ0n) is 17.6. The Kier molecular flexibility index (Phi) is 7.07. The monoisotopic (exact) mass is 415 g/mol. The Balaban J connectivity index is 1.41. The first-order valence-corrected chi connectivity index (χ1v) is 10.5. The SMILES string of the molecule is C[C@@H]1C[C@@H](C)CN(C(=O)COC(=O)CNC(=O)c2ccc(N3CCCC3=O)cc2)C1. The van der Waals surface area contributed by atoms with Gasteiger partial charge in [0.2, 0.25) is 5.91 Å². The Bertz CT molecular complexity index is 797. The molecular weight excluding hydrogens is 386 g/mol. The van der Waals surface area contributed by atoms with Gasteiger partial charge in [0.15, 0.2) is 6.61 Å². The lowest BCUT2D eigenvalue weighted by atomic mass is 9.92. The highest BCUT2D eigenvalue weighted by Gasteiger charge is 2.26. The van der Waals surface area contributed by atoms with Gasteiger partial charge in [0.25, 0.3) is 11.8 Å². The lowest BCUT2D eigenvalue weighted by molar-refractivity contribution is -0.152. The molecule has 0 unspecified atom stereocenters. The number of hydrogen-bond acceptors (Lipinski definition) is 5. The van der Waals surface area contributed by atoms with Crippen molar-refractivity contribution in [2.45, 2.75) is 33.1 Å². The lowest BCUT2D eigenvalue weighted by Crippen LogP contribution is -2.44. The predicted molar refractivity (Wildman–Crippen MR) is 111 cm³/mol. The van der Waals surface area contributed by atoms with E-state index in [9.17, 15) is 19.2 Å². The average Bonchev–Trinajstić information content (AvgIpc) is 3.15. The number of hydrogen-bond donors (Lipinski definition) is 1. The summed E-state index contributed by atoms with van der Waals surface area (Å²) < 4.78 is 5.02. The molecule has 1 N–H and O–H groups in total. The van der Waals surface area contributed by atoms with E-state index in [1.54, 1.807) is 34.1 Å². The molecule has 0 aliphatic carbocycles. The summed E-state index contributed by atoms with van der Waals surface area (Å²) >= 11 is 0. The second kappa shape index (κ2) is 9.73. The maximum absolute atomic E-state index is 12.3. The second-order valence-electron chi connectivity index (χ2n) is 8.28. The van der Waals surface area contributed by atoms with E-state index >= 15 is 0 Å². The maximum Gasteiger partial charge on any atom is 0.325 e. The zero-order chi connectivity index (χ0) is 21.7. The van der Waals surface area contributed by atoms with Gasteiger partial charge >= 0.3 is 5.97 Å². The van der Waals surface area contributed by atoms with Crippen molar-refractivity contribution in [2.75, 3.05) is 37.7 Å². The first kappa shape index (κ1) is 21.8. The molecule has 2 aliphatic heterocycles. The van der Waals surface area contributed by atoms with Crippen LogP contribution in [-0.2, 0) is 19.1 Å². The average molecular weight is 415 g/mol. The number of nitrogens with one attached hydrogen (secondary N) is 1. The number of likely N-dealkylation sites (tertiary alicyclic amines) is 1. The smallest absolute Gasteiger partial charge is 0.325 e. The van der Waals surface area contributed by atoms with Crippen molar-refractivity contribution < 1.29 is 23.9 Å². The number of esters is 1. The molecule has 2 atom stereocenters. The third-order valence-electron chi connectivity index (χ3n) is 5.49. The van der Waals surface area contributed by atoms with Crippen LogP contribution in [-0.4, -0.2) is 61.4 Å². The normalized spacial score (nSPS) is 21.5. The molecule has 0 radical (unpaired) electrons. The fourth-order valence-electron chi connectivity index (χ4n) is 4.12. The molecule has 8 nitrogen and oxygen atoms in total. The van der Waals surface area contributed by atoms with Crippen molar-refractivity contribution in [3.63, 3.8) is 0 Å². The summed E-state index contributed by atoms with van der Waals surface area (Å²) in [6.07, 6.45) is 2.47. The van der Waals surface area contributed by atoms with Crippen LogP contribution in [0.4, 0.5) is 5.69 Å². The van der Waals surface area contributed by atoms with Gasteiger partial charge < -0.3 is 19.9 Å². The molecule has 0 spiro atoms. The Morgan fingerprint density at radius 3 is 2.37 bits per heavy atom. The van der Waals surface area contributed by atoms with Gasteiger partial charge in [-0.25, -0.2) is 0 Å². The Morgan fingerprint density at radius 2 is 1.77 bits per heavy atom. The molecule has 2 fully saturated rings. The van der Waals surface area contributed by atoms with E-state index in [2.05, 4.69) is 19.2 Å². The summed E-state index contributed by atoms with van der Waals surface area (Å²) in [6, 6.07) is 6.67. The van der Waals surface area contributed by atoms with Gasteiger partial charge in [-0.15, -0.1) is 0 Å². The fourth-order valence-corrected chi connectivity index (χ4v) is 4.12. The Hall–Kier alpha value is -2.90. The molecule has 162 valence electrons. The summed E-state index contributed by atoms with van der Waals surface area (Å²) in [5.74, 6) is -0.339. The number of rotatable bonds is 6. The zero-order valence-corrected chi connectivity index (χ0v) is 17.6. The number of nitrogens with zero attached hydrogens (tertiary/aromatic N) is 2. The molecular formula is C22H29N3O5. The van der Waals surface area contributed by atoms with Crippen molar-refractivity contribution in [3.05, 3.63) is 29.8 Å². The molecule has 0 bridgehead atoms. The van der Waals surface area contributed by atoms with Crippen LogP contribution in [0.25, 0.3) is 0 Å². The Labute approximate surface area is 176 Å². The van der Waals surface area contributed by atoms with Crippen LogP contribution in [0.5, 0.6) is 0 Å². The van der Waals surface area contributed by atoms with E-state index in [1.807, 2.05) is 0 Å².